The van der Waals surface area contributed by atoms with Crippen molar-refractivity contribution in [2.45, 2.75) is 32.2 Å². The van der Waals surface area contributed by atoms with E-state index in [0.29, 0.717) is 6.10 Å². The molecule has 2 heterocycles. The average Bonchev–Trinajstić information content (AvgIpc) is 2.77. The van der Waals surface area contributed by atoms with Gasteiger partial charge in [-0.25, -0.2) is 0 Å². The topological polar surface area (TPSA) is 30.5 Å². The highest BCUT2D eigenvalue weighted by atomic mass is 16.5. The Morgan fingerprint density at radius 2 is 2.19 bits per heavy atom. The van der Waals surface area contributed by atoms with Gasteiger partial charge >= 0.3 is 0 Å². The van der Waals surface area contributed by atoms with E-state index in [2.05, 4.69) is 23.5 Å². The summed E-state index contributed by atoms with van der Waals surface area (Å²) in [5, 5.41) is 3.36. The second kappa shape index (κ2) is 4.44. The minimum atomic E-state index is 0.328. The van der Waals surface area contributed by atoms with Crippen molar-refractivity contribution in [1.82, 2.24) is 5.32 Å². The molecule has 3 rings (SSSR count). The molecule has 0 bridgehead atoms. The van der Waals surface area contributed by atoms with E-state index in [1.165, 1.54) is 17.5 Å². The molecule has 1 unspecified atom stereocenters. The standard InChI is InChI=1S/C13H17NO2/c1-2-13(7-14-5-1)16-12-4-3-10-8-15-9-11(10)6-12/h3-4,6,13-14H,1-2,5,7-9H2. The number of benzene rings is 1. The van der Waals surface area contributed by atoms with E-state index in [4.69, 9.17) is 9.47 Å². The maximum Gasteiger partial charge on any atom is 0.120 e. The van der Waals surface area contributed by atoms with Crippen LogP contribution in [0.25, 0.3) is 0 Å². The van der Waals surface area contributed by atoms with Crippen LogP contribution in [0.1, 0.15) is 24.0 Å². The molecule has 1 N–H and O–H groups in total. The van der Waals surface area contributed by atoms with Crippen LogP contribution in [0.5, 0.6) is 5.75 Å². The zero-order valence-electron chi connectivity index (χ0n) is 9.37. The highest BCUT2D eigenvalue weighted by molar-refractivity contribution is 5.36. The molecule has 0 radical (unpaired) electrons. The summed E-state index contributed by atoms with van der Waals surface area (Å²) in [6.07, 6.45) is 2.69. The summed E-state index contributed by atoms with van der Waals surface area (Å²) in [7, 11) is 0. The second-order valence-electron chi connectivity index (χ2n) is 4.51. The third-order valence-corrected chi connectivity index (χ3v) is 3.25. The van der Waals surface area contributed by atoms with Gasteiger partial charge in [0.2, 0.25) is 0 Å². The fourth-order valence-corrected chi connectivity index (χ4v) is 2.33. The predicted octanol–water partition coefficient (Wildman–Crippen LogP) is 1.85. The van der Waals surface area contributed by atoms with Crippen molar-refractivity contribution >= 4 is 0 Å². The smallest absolute Gasteiger partial charge is 0.120 e. The number of fused-ring (bicyclic) bond motifs is 1. The van der Waals surface area contributed by atoms with Crippen molar-refractivity contribution in [3.8, 4) is 5.75 Å². The first-order valence-electron chi connectivity index (χ1n) is 5.99. The predicted molar refractivity (Wildman–Crippen MR) is 61.5 cm³/mol. The number of piperidine rings is 1. The maximum atomic E-state index is 5.96. The Hall–Kier alpha value is -1.06. The fourth-order valence-electron chi connectivity index (χ4n) is 2.33. The highest BCUT2D eigenvalue weighted by Gasteiger charge is 2.16. The van der Waals surface area contributed by atoms with Gasteiger partial charge in [0.25, 0.3) is 0 Å². The van der Waals surface area contributed by atoms with E-state index in [0.717, 1.165) is 38.5 Å². The maximum absolute atomic E-state index is 5.96. The van der Waals surface area contributed by atoms with E-state index >= 15 is 0 Å². The lowest BCUT2D eigenvalue weighted by Gasteiger charge is -2.24. The van der Waals surface area contributed by atoms with Gasteiger partial charge in [0.15, 0.2) is 0 Å². The van der Waals surface area contributed by atoms with Crippen LogP contribution < -0.4 is 10.1 Å². The quantitative estimate of drug-likeness (QED) is 0.823. The van der Waals surface area contributed by atoms with Gasteiger partial charge in [0, 0.05) is 6.54 Å². The molecule has 3 heteroatoms. The zero-order valence-corrected chi connectivity index (χ0v) is 9.37. The lowest BCUT2D eigenvalue weighted by atomic mass is 10.1. The van der Waals surface area contributed by atoms with E-state index in [1.807, 2.05) is 0 Å². The lowest BCUT2D eigenvalue weighted by molar-refractivity contribution is 0.134. The van der Waals surface area contributed by atoms with Crippen LogP contribution in [0, 0.1) is 0 Å². The van der Waals surface area contributed by atoms with Crippen LogP contribution in [0.4, 0.5) is 0 Å². The molecule has 2 aliphatic rings. The summed E-state index contributed by atoms with van der Waals surface area (Å²) in [6.45, 7) is 3.57. The molecule has 0 spiro atoms. The van der Waals surface area contributed by atoms with Crippen LogP contribution >= 0.6 is 0 Å². The van der Waals surface area contributed by atoms with Crippen molar-refractivity contribution in [3.63, 3.8) is 0 Å². The highest BCUT2D eigenvalue weighted by Crippen LogP contribution is 2.25. The normalized spacial score (nSPS) is 24.1. The molecule has 1 fully saturated rings. The molecule has 1 aromatic carbocycles. The molecule has 1 saturated heterocycles. The summed E-state index contributed by atoms with van der Waals surface area (Å²) in [4.78, 5) is 0. The van der Waals surface area contributed by atoms with Crippen LogP contribution in [0.2, 0.25) is 0 Å². The molecular formula is C13H17NO2. The van der Waals surface area contributed by atoms with Crippen LogP contribution in [-0.4, -0.2) is 19.2 Å². The third-order valence-electron chi connectivity index (χ3n) is 3.25. The number of ether oxygens (including phenoxy) is 2. The van der Waals surface area contributed by atoms with Crippen molar-refractivity contribution < 1.29 is 9.47 Å². The fraction of sp³-hybridized carbons (Fsp3) is 0.538. The van der Waals surface area contributed by atoms with Gasteiger partial charge in [-0.3, -0.25) is 0 Å². The van der Waals surface area contributed by atoms with Gasteiger partial charge in [-0.15, -0.1) is 0 Å². The van der Waals surface area contributed by atoms with Gasteiger partial charge in [0.1, 0.15) is 11.9 Å². The molecule has 1 atom stereocenters. The van der Waals surface area contributed by atoms with Gasteiger partial charge < -0.3 is 14.8 Å². The summed E-state index contributed by atoms with van der Waals surface area (Å²) in [6, 6.07) is 6.30. The van der Waals surface area contributed by atoms with Crippen molar-refractivity contribution in [3.05, 3.63) is 29.3 Å². The Morgan fingerprint density at radius 3 is 3.06 bits per heavy atom. The molecule has 0 aliphatic carbocycles. The minimum absolute atomic E-state index is 0.328. The van der Waals surface area contributed by atoms with Crippen LogP contribution in [0.15, 0.2) is 18.2 Å². The Kier molecular flexibility index (Phi) is 2.80. The number of hydrogen-bond acceptors (Lipinski definition) is 3. The summed E-state index contributed by atoms with van der Waals surface area (Å²) < 4.78 is 11.4. The molecule has 2 aliphatic heterocycles. The van der Waals surface area contributed by atoms with Crippen LogP contribution in [-0.2, 0) is 18.0 Å². The molecule has 16 heavy (non-hydrogen) atoms. The van der Waals surface area contributed by atoms with E-state index < -0.39 is 0 Å². The largest absolute Gasteiger partial charge is 0.489 e. The van der Waals surface area contributed by atoms with Crippen molar-refractivity contribution in [2.24, 2.45) is 0 Å². The summed E-state index contributed by atoms with van der Waals surface area (Å²) in [5.74, 6) is 0.984. The Balaban J connectivity index is 1.69. The Labute approximate surface area is 95.8 Å². The number of rotatable bonds is 2. The molecule has 86 valence electrons. The van der Waals surface area contributed by atoms with Crippen LogP contribution in [0.3, 0.4) is 0 Å². The average molecular weight is 219 g/mol. The van der Waals surface area contributed by atoms with Crippen molar-refractivity contribution in [2.75, 3.05) is 13.1 Å². The summed E-state index contributed by atoms with van der Waals surface area (Å²) >= 11 is 0. The summed E-state index contributed by atoms with van der Waals surface area (Å²) in [5.41, 5.74) is 2.58. The first kappa shape index (κ1) is 10.1. The van der Waals surface area contributed by atoms with E-state index in [-0.39, 0.29) is 0 Å². The van der Waals surface area contributed by atoms with Gasteiger partial charge in [-0.05, 0) is 42.6 Å². The second-order valence-corrected chi connectivity index (χ2v) is 4.51. The number of nitrogens with one attached hydrogen (secondary N) is 1. The Morgan fingerprint density at radius 1 is 1.25 bits per heavy atom. The molecule has 0 amide bonds. The third kappa shape index (κ3) is 2.06. The first-order chi connectivity index (χ1) is 7.92. The monoisotopic (exact) mass is 219 g/mol. The molecular weight excluding hydrogens is 202 g/mol. The molecule has 1 aromatic rings. The van der Waals surface area contributed by atoms with Gasteiger partial charge in [0.05, 0.1) is 13.2 Å². The molecule has 0 saturated carbocycles. The van der Waals surface area contributed by atoms with Gasteiger partial charge in [-0.2, -0.15) is 0 Å². The van der Waals surface area contributed by atoms with E-state index in [1.54, 1.807) is 0 Å². The lowest BCUT2D eigenvalue weighted by Crippen LogP contribution is -2.37. The van der Waals surface area contributed by atoms with Gasteiger partial charge in [-0.1, -0.05) is 6.07 Å². The minimum Gasteiger partial charge on any atom is -0.489 e. The first-order valence-corrected chi connectivity index (χ1v) is 5.99. The van der Waals surface area contributed by atoms with Crippen molar-refractivity contribution in [1.29, 1.82) is 0 Å². The molecule has 0 aromatic heterocycles. The Bertz CT molecular complexity index is 372. The van der Waals surface area contributed by atoms with E-state index in [9.17, 15) is 0 Å². The SMILES string of the molecule is c1cc2c(cc1OC1CCCNC1)COC2. The molecule has 3 nitrogen and oxygen atoms in total. The number of hydrogen-bond donors (Lipinski definition) is 1. The zero-order chi connectivity index (χ0) is 10.8.